The summed E-state index contributed by atoms with van der Waals surface area (Å²) in [6, 6.07) is 0.0936. The molecule has 0 saturated carbocycles. The third-order valence-electron chi connectivity index (χ3n) is 1.30. The number of carbonyl (C=O) groups is 1. The molecule has 2 atom stereocenters. The second-order valence-electron chi connectivity index (χ2n) is 2.16. The maximum absolute atomic E-state index is 10.3. The van der Waals surface area contributed by atoms with Crippen LogP contribution in [0.1, 0.15) is 6.42 Å². The molecule has 60 valence electrons. The van der Waals surface area contributed by atoms with Gasteiger partial charge in [0.2, 0.25) is 0 Å². The van der Waals surface area contributed by atoms with E-state index in [1.165, 1.54) is 11.8 Å². The summed E-state index contributed by atoms with van der Waals surface area (Å²) in [7, 11) is 0. The van der Waals surface area contributed by atoms with Crippen molar-refractivity contribution in [2.24, 2.45) is 5.73 Å². The van der Waals surface area contributed by atoms with Crippen molar-refractivity contribution in [3.8, 4) is 0 Å². The van der Waals surface area contributed by atoms with Gasteiger partial charge in [-0.2, -0.15) is 0 Å². The molecule has 0 aromatic heterocycles. The van der Waals surface area contributed by atoms with Gasteiger partial charge in [-0.15, -0.1) is 24.2 Å². The van der Waals surface area contributed by atoms with Crippen LogP contribution in [-0.4, -0.2) is 28.1 Å². The van der Waals surface area contributed by atoms with Crippen molar-refractivity contribution in [1.29, 1.82) is 0 Å². The zero-order chi connectivity index (χ0) is 6.85. The molecule has 0 aromatic carbocycles. The zero-order valence-electron chi connectivity index (χ0n) is 5.32. The van der Waals surface area contributed by atoms with E-state index in [0.29, 0.717) is 6.42 Å². The zero-order valence-corrected chi connectivity index (χ0v) is 6.95. The standard InChI is InChI=1S/C5H9NO2S.ClH/c6-3-1-4(5(7)8)9-2-3;/h3-4H,1-2,6H2,(H,7,8);1H/t3-,4+;/m0./s1. The van der Waals surface area contributed by atoms with E-state index < -0.39 is 5.97 Å². The molecular weight excluding hydrogens is 174 g/mol. The Kier molecular flexibility index (Phi) is 4.08. The highest BCUT2D eigenvalue weighted by molar-refractivity contribution is 8.00. The van der Waals surface area contributed by atoms with Gasteiger partial charge in [0.15, 0.2) is 0 Å². The van der Waals surface area contributed by atoms with Gasteiger partial charge in [-0.3, -0.25) is 4.79 Å². The fraction of sp³-hybridized carbons (Fsp3) is 0.800. The van der Waals surface area contributed by atoms with Crippen LogP contribution in [0.2, 0.25) is 0 Å². The highest BCUT2D eigenvalue weighted by Crippen LogP contribution is 2.25. The smallest absolute Gasteiger partial charge is 0.316 e. The molecule has 1 saturated heterocycles. The topological polar surface area (TPSA) is 63.3 Å². The van der Waals surface area contributed by atoms with Crippen LogP contribution in [0.5, 0.6) is 0 Å². The third-order valence-corrected chi connectivity index (χ3v) is 2.72. The number of hydrogen-bond donors (Lipinski definition) is 2. The molecule has 1 aliphatic heterocycles. The Labute approximate surface area is 69.8 Å². The van der Waals surface area contributed by atoms with Gasteiger partial charge in [0.1, 0.15) is 5.25 Å². The van der Waals surface area contributed by atoms with Gasteiger partial charge >= 0.3 is 5.97 Å². The molecule has 5 heteroatoms. The highest BCUT2D eigenvalue weighted by atomic mass is 35.5. The molecule has 10 heavy (non-hydrogen) atoms. The van der Waals surface area contributed by atoms with Crippen LogP contribution in [0.4, 0.5) is 0 Å². The fourth-order valence-electron chi connectivity index (χ4n) is 0.823. The summed E-state index contributed by atoms with van der Waals surface area (Å²) in [4.78, 5) is 10.3. The van der Waals surface area contributed by atoms with E-state index in [1.54, 1.807) is 0 Å². The molecule has 0 aromatic rings. The molecule has 1 rings (SSSR count). The van der Waals surface area contributed by atoms with Gasteiger partial charge in [0.05, 0.1) is 0 Å². The molecule has 3 N–H and O–H groups in total. The van der Waals surface area contributed by atoms with E-state index in [2.05, 4.69) is 0 Å². The molecule has 1 heterocycles. The van der Waals surface area contributed by atoms with Crippen molar-refractivity contribution in [3.63, 3.8) is 0 Å². The van der Waals surface area contributed by atoms with E-state index in [1.807, 2.05) is 0 Å². The quantitative estimate of drug-likeness (QED) is 0.615. The predicted molar refractivity (Wildman–Crippen MR) is 43.7 cm³/mol. The number of halogens is 1. The number of thioether (sulfide) groups is 1. The lowest BCUT2D eigenvalue weighted by atomic mass is 10.2. The molecule has 1 fully saturated rings. The first-order valence-electron chi connectivity index (χ1n) is 2.80. The van der Waals surface area contributed by atoms with Crippen molar-refractivity contribution in [2.75, 3.05) is 5.75 Å². The largest absolute Gasteiger partial charge is 0.480 e. The number of carboxylic acid groups (broad SMARTS) is 1. The lowest BCUT2D eigenvalue weighted by Gasteiger charge is -1.98. The Balaban J connectivity index is 0.000000810. The Morgan fingerprint density at radius 1 is 1.70 bits per heavy atom. The maximum Gasteiger partial charge on any atom is 0.316 e. The fourth-order valence-corrected chi connectivity index (χ4v) is 1.96. The summed E-state index contributed by atoms with van der Waals surface area (Å²) in [6.07, 6.45) is 0.625. The van der Waals surface area contributed by atoms with Crippen molar-refractivity contribution in [3.05, 3.63) is 0 Å². The number of carboxylic acids is 1. The van der Waals surface area contributed by atoms with Crippen LogP contribution >= 0.6 is 24.2 Å². The SMILES string of the molecule is Cl.N[C@@H]1CS[C@@H](C(=O)O)C1. The van der Waals surface area contributed by atoms with E-state index in [4.69, 9.17) is 10.8 Å². The van der Waals surface area contributed by atoms with Crippen LogP contribution < -0.4 is 5.73 Å². The second kappa shape index (κ2) is 4.05. The molecule has 0 spiro atoms. The van der Waals surface area contributed by atoms with Crippen LogP contribution in [0.15, 0.2) is 0 Å². The summed E-state index contributed by atoms with van der Waals surface area (Å²) >= 11 is 1.43. The second-order valence-corrected chi connectivity index (χ2v) is 3.39. The lowest BCUT2D eigenvalue weighted by Crippen LogP contribution is -2.21. The van der Waals surface area contributed by atoms with Crippen LogP contribution in [-0.2, 0) is 4.79 Å². The Morgan fingerprint density at radius 3 is 2.50 bits per heavy atom. The third kappa shape index (κ3) is 2.36. The Hall–Kier alpha value is 0.0700. The number of aliphatic carboxylic acids is 1. The van der Waals surface area contributed by atoms with Gasteiger partial charge in [-0.25, -0.2) is 0 Å². The van der Waals surface area contributed by atoms with Crippen molar-refractivity contribution < 1.29 is 9.90 Å². The summed E-state index contributed by atoms with van der Waals surface area (Å²) in [5.74, 6) is 0.0599. The van der Waals surface area contributed by atoms with Gasteiger partial charge in [0.25, 0.3) is 0 Å². The molecule has 0 aliphatic carbocycles. The Bertz CT molecular complexity index is 133. The normalized spacial score (nSPS) is 31.3. The summed E-state index contributed by atoms with van der Waals surface area (Å²) in [5, 5.41) is 8.20. The molecular formula is C5H10ClNO2S. The molecule has 1 aliphatic rings. The molecule has 0 amide bonds. The molecule has 0 unspecified atom stereocenters. The van der Waals surface area contributed by atoms with Crippen molar-refractivity contribution in [2.45, 2.75) is 17.7 Å². The first kappa shape index (κ1) is 10.1. The highest BCUT2D eigenvalue weighted by Gasteiger charge is 2.27. The summed E-state index contributed by atoms with van der Waals surface area (Å²) in [6.45, 7) is 0. The van der Waals surface area contributed by atoms with Gasteiger partial charge in [-0.05, 0) is 6.42 Å². The number of nitrogens with two attached hydrogens (primary N) is 1. The van der Waals surface area contributed by atoms with Gasteiger partial charge < -0.3 is 10.8 Å². The van der Waals surface area contributed by atoms with Crippen molar-refractivity contribution in [1.82, 2.24) is 0 Å². The monoisotopic (exact) mass is 183 g/mol. The number of rotatable bonds is 1. The maximum atomic E-state index is 10.3. The average molecular weight is 184 g/mol. The van der Waals surface area contributed by atoms with Crippen LogP contribution in [0, 0.1) is 0 Å². The van der Waals surface area contributed by atoms with E-state index in [0.717, 1.165) is 5.75 Å². The minimum absolute atomic E-state index is 0. The predicted octanol–water partition coefficient (Wildman–Crippen LogP) is 0.326. The summed E-state index contributed by atoms with van der Waals surface area (Å²) < 4.78 is 0. The minimum atomic E-state index is -0.729. The first-order chi connectivity index (χ1) is 4.20. The summed E-state index contributed by atoms with van der Waals surface area (Å²) in [5.41, 5.74) is 5.48. The van der Waals surface area contributed by atoms with E-state index in [-0.39, 0.29) is 23.7 Å². The molecule has 0 bridgehead atoms. The van der Waals surface area contributed by atoms with Crippen molar-refractivity contribution >= 4 is 30.1 Å². The minimum Gasteiger partial charge on any atom is -0.480 e. The average Bonchev–Trinajstić information content (AvgIpc) is 2.14. The number of hydrogen-bond acceptors (Lipinski definition) is 3. The van der Waals surface area contributed by atoms with E-state index >= 15 is 0 Å². The van der Waals surface area contributed by atoms with Gasteiger partial charge in [-0.1, -0.05) is 0 Å². The van der Waals surface area contributed by atoms with Crippen LogP contribution in [0.25, 0.3) is 0 Å². The van der Waals surface area contributed by atoms with Gasteiger partial charge in [0, 0.05) is 11.8 Å². The van der Waals surface area contributed by atoms with E-state index in [9.17, 15) is 4.79 Å². The molecule has 0 radical (unpaired) electrons. The first-order valence-corrected chi connectivity index (χ1v) is 3.85. The van der Waals surface area contributed by atoms with Crippen LogP contribution in [0.3, 0.4) is 0 Å². The Morgan fingerprint density at radius 2 is 2.30 bits per heavy atom. The molecule has 3 nitrogen and oxygen atoms in total. The lowest BCUT2D eigenvalue weighted by molar-refractivity contribution is -0.136.